The fourth-order valence-electron chi connectivity index (χ4n) is 9.58. The lowest BCUT2D eigenvalue weighted by molar-refractivity contribution is 0.150. The molecule has 0 heterocycles. The smallest absolute Gasteiger partial charge is 0.0651 e. The van der Waals surface area contributed by atoms with Crippen LogP contribution in [0.4, 0.5) is 0 Å². The normalized spacial score (nSPS) is 35.4. The third-order valence-electron chi connectivity index (χ3n) is 12.4. The van der Waals surface area contributed by atoms with Gasteiger partial charge in [0.25, 0.3) is 0 Å². The second-order valence-electron chi connectivity index (χ2n) is 15.3. The second kappa shape index (κ2) is 19.7. The van der Waals surface area contributed by atoms with Crippen molar-refractivity contribution in [3.05, 3.63) is 24.3 Å². The molecule has 4 fully saturated rings. The molecule has 0 aromatic rings. The lowest BCUT2D eigenvalue weighted by Gasteiger charge is -2.37. The zero-order valence-electron chi connectivity index (χ0n) is 27.7. The maximum atomic E-state index is 5.96. The first kappa shape index (κ1) is 33.3. The summed E-state index contributed by atoms with van der Waals surface area (Å²) in [4.78, 5) is 0. The molecule has 0 unspecified atom stereocenters. The van der Waals surface area contributed by atoms with Crippen LogP contribution in [0.25, 0.3) is 0 Å². The molecule has 0 aliphatic heterocycles. The number of allylic oxidation sites excluding steroid dienone is 2. The van der Waals surface area contributed by atoms with Crippen LogP contribution in [-0.2, 0) is 4.74 Å². The summed E-state index contributed by atoms with van der Waals surface area (Å²) in [7, 11) is 0. The van der Waals surface area contributed by atoms with Crippen LogP contribution in [0.15, 0.2) is 24.3 Å². The highest BCUT2D eigenvalue weighted by atomic mass is 16.5. The molecule has 4 aliphatic rings. The van der Waals surface area contributed by atoms with Crippen LogP contribution in [0.1, 0.15) is 168 Å². The minimum absolute atomic E-state index is 0.792. The van der Waals surface area contributed by atoms with E-state index in [1.54, 1.807) is 0 Å². The third-order valence-corrected chi connectivity index (χ3v) is 12.4. The molecule has 1 nitrogen and oxygen atoms in total. The van der Waals surface area contributed by atoms with Crippen molar-refractivity contribution in [3.8, 4) is 0 Å². The van der Waals surface area contributed by atoms with Crippen molar-refractivity contribution in [1.29, 1.82) is 0 Å². The van der Waals surface area contributed by atoms with Crippen molar-refractivity contribution in [1.82, 2.24) is 0 Å². The lowest BCUT2D eigenvalue weighted by atomic mass is 9.68. The van der Waals surface area contributed by atoms with E-state index in [9.17, 15) is 0 Å². The fraction of sp³-hybridized carbons (Fsp3) is 0.900. The van der Waals surface area contributed by atoms with E-state index in [1.165, 1.54) is 154 Å². The highest BCUT2D eigenvalue weighted by molar-refractivity contribution is 4.95. The summed E-state index contributed by atoms with van der Waals surface area (Å²) in [5, 5.41) is 0. The second-order valence-corrected chi connectivity index (χ2v) is 15.3. The molecule has 0 bridgehead atoms. The van der Waals surface area contributed by atoms with Gasteiger partial charge in [0.05, 0.1) is 13.2 Å². The molecular formula is C40H70O. The Bertz CT molecular complexity index is 630. The molecule has 1 heteroatoms. The van der Waals surface area contributed by atoms with E-state index >= 15 is 0 Å². The Morgan fingerprint density at radius 2 is 0.780 bits per heavy atom. The maximum Gasteiger partial charge on any atom is 0.0651 e. The standard InChI is InChI=1S/C40H70O/c1-3-5-7-11-33-15-23-37(24-16-33)39-27-19-35(20-28-39)13-9-31-41-32-10-14-36-21-29-40(30-22-36)38-25-17-34(18-26-38)12-8-6-4-2/h9-10,13-14,33-40H,3-8,11-12,15-32H2,1-2H3/b13-9+,14-10+. The minimum Gasteiger partial charge on any atom is -0.373 e. The molecule has 0 N–H and O–H groups in total. The Balaban J connectivity index is 0.986. The first-order valence-corrected chi connectivity index (χ1v) is 19.2. The minimum atomic E-state index is 0.792. The average molecular weight is 567 g/mol. The van der Waals surface area contributed by atoms with Crippen molar-refractivity contribution in [2.75, 3.05) is 13.2 Å². The van der Waals surface area contributed by atoms with E-state index in [4.69, 9.17) is 4.74 Å². The van der Waals surface area contributed by atoms with Gasteiger partial charge in [0.2, 0.25) is 0 Å². The van der Waals surface area contributed by atoms with Gasteiger partial charge in [-0.15, -0.1) is 0 Å². The summed E-state index contributed by atoms with van der Waals surface area (Å²) >= 11 is 0. The summed E-state index contributed by atoms with van der Waals surface area (Å²) in [6.45, 7) is 6.25. The molecule has 0 aromatic carbocycles. The summed E-state index contributed by atoms with van der Waals surface area (Å²) < 4.78 is 5.96. The van der Waals surface area contributed by atoms with Crippen molar-refractivity contribution in [3.63, 3.8) is 0 Å². The van der Waals surface area contributed by atoms with Crippen LogP contribution in [0, 0.1) is 47.3 Å². The molecule has 236 valence electrons. The Morgan fingerprint density at radius 3 is 1.12 bits per heavy atom. The summed E-state index contributed by atoms with van der Waals surface area (Å²) in [6.07, 6.45) is 45.1. The van der Waals surface area contributed by atoms with Crippen LogP contribution in [0.3, 0.4) is 0 Å². The number of unbranched alkanes of at least 4 members (excludes halogenated alkanes) is 4. The molecule has 0 radical (unpaired) electrons. The highest BCUT2D eigenvalue weighted by Gasteiger charge is 2.31. The number of hydrogen-bond acceptors (Lipinski definition) is 1. The Labute approximate surface area is 257 Å². The largest absolute Gasteiger partial charge is 0.373 e. The third kappa shape index (κ3) is 12.2. The van der Waals surface area contributed by atoms with Gasteiger partial charge >= 0.3 is 0 Å². The SMILES string of the molecule is CCCCCC1CCC(C2CCC(/C=C/COC/C=C/C3CCC(C4CCC(CCCCC)CC4)CC3)CC2)CC1. The van der Waals surface area contributed by atoms with Gasteiger partial charge in [0, 0.05) is 0 Å². The Kier molecular flexibility index (Phi) is 16.0. The van der Waals surface area contributed by atoms with Crippen LogP contribution >= 0.6 is 0 Å². The molecule has 4 saturated carbocycles. The molecular weight excluding hydrogens is 496 g/mol. The maximum absolute atomic E-state index is 5.96. The molecule has 0 spiro atoms. The summed E-state index contributed by atoms with van der Waals surface area (Å²) in [5.74, 6) is 7.89. The first-order valence-electron chi connectivity index (χ1n) is 19.2. The zero-order valence-corrected chi connectivity index (χ0v) is 27.7. The van der Waals surface area contributed by atoms with E-state index in [1.807, 2.05) is 0 Å². The van der Waals surface area contributed by atoms with Gasteiger partial charge in [-0.1, -0.05) is 115 Å². The van der Waals surface area contributed by atoms with Crippen LogP contribution in [0.2, 0.25) is 0 Å². The van der Waals surface area contributed by atoms with Crippen LogP contribution in [0.5, 0.6) is 0 Å². The molecule has 0 aromatic heterocycles. The molecule has 0 saturated heterocycles. The van der Waals surface area contributed by atoms with Gasteiger partial charge in [-0.05, 0) is 124 Å². The van der Waals surface area contributed by atoms with E-state index in [-0.39, 0.29) is 0 Å². The van der Waals surface area contributed by atoms with Gasteiger partial charge in [-0.2, -0.15) is 0 Å². The number of rotatable bonds is 16. The van der Waals surface area contributed by atoms with Crippen LogP contribution < -0.4 is 0 Å². The first-order chi connectivity index (χ1) is 20.2. The van der Waals surface area contributed by atoms with Gasteiger partial charge in [0.15, 0.2) is 0 Å². The number of hydrogen-bond donors (Lipinski definition) is 0. The highest BCUT2D eigenvalue weighted by Crippen LogP contribution is 2.44. The van der Waals surface area contributed by atoms with Crippen molar-refractivity contribution in [2.45, 2.75) is 168 Å². The summed E-state index contributed by atoms with van der Waals surface area (Å²) in [6, 6.07) is 0. The van der Waals surface area contributed by atoms with Crippen molar-refractivity contribution >= 4 is 0 Å². The van der Waals surface area contributed by atoms with E-state index < -0.39 is 0 Å². The van der Waals surface area contributed by atoms with Crippen molar-refractivity contribution < 1.29 is 4.74 Å². The number of ether oxygens (including phenoxy) is 1. The van der Waals surface area contributed by atoms with Gasteiger partial charge in [0.1, 0.15) is 0 Å². The topological polar surface area (TPSA) is 9.23 Å². The van der Waals surface area contributed by atoms with E-state index in [0.717, 1.165) is 60.6 Å². The van der Waals surface area contributed by atoms with Crippen LogP contribution in [-0.4, -0.2) is 13.2 Å². The fourth-order valence-corrected chi connectivity index (χ4v) is 9.58. The lowest BCUT2D eigenvalue weighted by Crippen LogP contribution is -2.25. The van der Waals surface area contributed by atoms with Gasteiger partial charge < -0.3 is 4.74 Å². The summed E-state index contributed by atoms with van der Waals surface area (Å²) in [5.41, 5.74) is 0. The zero-order chi connectivity index (χ0) is 28.5. The predicted molar refractivity (Wildman–Crippen MR) is 179 cm³/mol. The quantitative estimate of drug-likeness (QED) is 0.133. The molecule has 4 rings (SSSR count). The average Bonchev–Trinajstić information content (AvgIpc) is 3.02. The Morgan fingerprint density at radius 1 is 0.439 bits per heavy atom. The predicted octanol–water partition coefficient (Wildman–Crippen LogP) is 12.5. The molecule has 4 aliphatic carbocycles. The van der Waals surface area contributed by atoms with Crippen molar-refractivity contribution in [2.24, 2.45) is 47.3 Å². The molecule has 0 amide bonds. The monoisotopic (exact) mass is 567 g/mol. The van der Waals surface area contributed by atoms with E-state index in [0.29, 0.717) is 0 Å². The Hall–Kier alpha value is -0.560. The molecule has 0 atom stereocenters. The van der Waals surface area contributed by atoms with Gasteiger partial charge in [-0.25, -0.2) is 0 Å². The van der Waals surface area contributed by atoms with E-state index in [2.05, 4.69) is 38.2 Å². The van der Waals surface area contributed by atoms with Gasteiger partial charge in [-0.3, -0.25) is 0 Å². The molecule has 41 heavy (non-hydrogen) atoms.